The Kier molecular flexibility index (Phi) is 9.55. The van der Waals surface area contributed by atoms with Crippen LogP contribution < -0.4 is 0 Å². The van der Waals surface area contributed by atoms with E-state index in [4.69, 9.17) is 0 Å². The lowest BCUT2D eigenvalue weighted by Crippen LogP contribution is -1.92. The van der Waals surface area contributed by atoms with Crippen molar-refractivity contribution in [3.05, 3.63) is 23.8 Å². The van der Waals surface area contributed by atoms with Crippen LogP contribution in [0.1, 0.15) is 58.8 Å². The first kappa shape index (κ1) is 14.4. The van der Waals surface area contributed by atoms with Crippen LogP contribution in [-0.4, -0.2) is 6.67 Å². The Balaban J connectivity index is 4.02. The van der Waals surface area contributed by atoms with Gasteiger partial charge in [0.2, 0.25) is 0 Å². The number of alkyl halides is 1. The molecule has 0 aliphatic carbocycles. The van der Waals surface area contributed by atoms with Crippen LogP contribution in [0.2, 0.25) is 0 Å². The first-order chi connectivity index (χ1) is 7.26. The predicted octanol–water partition coefficient (Wildman–Crippen LogP) is 5.21. The van der Waals surface area contributed by atoms with Gasteiger partial charge in [-0.15, -0.1) is 6.58 Å². The second kappa shape index (κ2) is 9.95. The Morgan fingerprint density at radius 3 is 2.47 bits per heavy atom. The normalized spacial score (nSPS) is 12.5. The molecule has 0 nitrogen and oxygen atoms in total. The smallest absolute Gasteiger partial charge is 0.0931 e. The molecule has 0 radical (unpaired) electrons. The maximum atomic E-state index is 12.2. The number of halogens is 1. The minimum atomic E-state index is -0.217. The third-order valence-electron chi connectivity index (χ3n) is 2.76. The Bertz CT molecular complexity index is 192. The highest BCUT2D eigenvalue weighted by Gasteiger charge is 2.02. The molecular weight excluding hydrogens is 187 g/mol. The van der Waals surface area contributed by atoms with Crippen LogP contribution in [0.4, 0.5) is 4.39 Å². The zero-order valence-electron chi connectivity index (χ0n) is 10.3. The van der Waals surface area contributed by atoms with Gasteiger partial charge in [-0.1, -0.05) is 30.6 Å². The summed E-state index contributed by atoms with van der Waals surface area (Å²) in [6.45, 7) is 7.77. The third kappa shape index (κ3) is 7.35. The van der Waals surface area contributed by atoms with Crippen LogP contribution in [0.25, 0.3) is 0 Å². The van der Waals surface area contributed by atoms with Gasteiger partial charge in [0.1, 0.15) is 0 Å². The van der Waals surface area contributed by atoms with Crippen molar-refractivity contribution < 1.29 is 4.39 Å². The van der Waals surface area contributed by atoms with Crippen molar-refractivity contribution in [3.8, 4) is 0 Å². The highest BCUT2D eigenvalue weighted by atomic mass is 19.1. The molecule has 0 aliphatic heterocycles. The van der Waals surface area contributed by atoms with E-state index in [0.29, 0.717) is 6.42 Å². The number of allylic oxidation sites excluding steroid dienone is 3. The molecule has 0 aromatic rings. The van der Waals surface area contributed by atoms with Gasteiger partial charge in [0.15, 0.2) is 0 Å². The van der Waals surface area contributed by atoms with Crippen LogP contribution in [0, 0.1) is 0 Å². The highest BCUT2D eigenvalue weighted by Crippen LogP contribution is 2.20. The lowest BCUT2D eigenvalue weighted by atomic mass is 9.97. The Morgan fingerprint density at radius 1 is 1.20 bits per heavy atom. The number of rotatable bonds is 9. The van der Waals surface area contributed by atoms with E-state index in [0.717, 1.165) is 19.3 Å². The summed E-state index contributed by atoms with van der Waals surface area (Å²) in [5.41, 5.74) is 2.76. The van der Waals surface area contributed by atoms with E-state index in [-0.39, 0.29) is 6.67 Å². The van der Waals surface area contributed by atoms with Gasteiger partial charge in [-0.3, -0.25) is 4.39 Å². The summed E-state index contributed by atoms with van der Waals surface area (Å²) in [5.74, 6) is 0. The lowest BCUT2D eigenvalue weighted by molar-refractivity contribution is 0.491. The van der Waals surface area contributed by atoms with E-state index in [1.165, 1.54) is 30.4 Å². The molecule has 0 atom stereocenters. The largest absolute Gasteiger partial charge is 0.251 e. The summed E-state index contributed by atoms with van der Waals surface area (Å²) in [6.07, 6.45) is 9.56. The molecule has 0 N–H and O–H groups in total. The van der Waals surface area contributed by atoms with E-state index in [2.05, 4.69) is 20.4 Å². The molecule has 0 aromatic heterocycles. The van der Waals surface area contributed by atoms with E-state index in [1.54, 1.807) is 0 Å². The first-order valence-corrected chi connectivity index (χ1v) is 6.10. The molecule has 0 rings (SSSR count). The monoisotopic (exact) mass is 212 g/mol. The van der Waals surface area contributed by atoms with Crippen molar-refractivity contribution in [1.82, 2.24) is 0 Å². The van der Waals surface area contributed by atoms with Gasteiger partial charge in [-0.05, 0) is 45.4 Å². The zero-order valence-corrected chi connectivity index (χ0v) is 10.3. The lowest BCUT2D eigenvalue weighted by Gasteiger charge is -2.10. The van der Waals surface area contributed by atoms with Crippen LogP contribution in [-0.2, 0) is 0 Å². The quantitative estimate of drug-likeness (QED) is 0.363. The third-order valence-corrected chi connectivity index (χ3v) is 2.76. The van der Waals surface area contributed by atoms with E-state index >= 15 is 0 Å². The van der Waals surface area contributed by atoms with Crippen molar-refractivity contribution >= 4 is 0 Å². The van der Waals surface area contributed by atoms with Crippen LogP contribution >= 0.6 is 0 Å². The standard InChI is InChI=1S/C14H25F/c1-4-6-7-8-10-14(9-5-2)13(3)11-12-15/h4H,1,5-12H2,2-3H3/b14-13+. The molecule has 0 unspecified atom stereocenters. The predicted molar refractivity (Wildman–Crippen MR) is 66.9 cm³/mol. The minimum absolute atomic E-state index is 0.217. The maximum Gasteiger partial charge on any atom is 0.0931 e. The second-order valence-electron chi connectivity index (χ2n) is 4.11. The minimum Gasteiger partial charge on any atom is -0.251 e. The molecular formula is C14H25F. The van der Waals surface area contributed by atoms with Gasteiger partial charge in [0, 0.05) is 0 Å². The number of hydrogen-bond donors (Lipinski definition) is 0. The Morgan fingerprint density at radius 2 is 1.93 bits per heavy atom. The highest BCUT2D eigenvalue weighted by molar-refractivity contribution is 5.12. The summed E-state index contributed by atoms with van der Waals surface area (Å²) < 4.78 is 12.2. The van der Waals surface area contributed by atoms with E-state index in [1.807, 2.05) is 6.08 Å². The molecule has 0 saturated carbocycles. The Hall–Kier alpha value is -0.590. The molecule has 0 fully saturated rings. The van der Waals surface area contributed by atoms with Crippen LogP contribution in [0.15, 0.2) is 23.8 Å². The molecule has 88 valence electrons. The van der Waals surface area contributed by atoms with Crippen molar-refractivity contribution in [2.24, 2.45) is 0 Å². The summed E-state index contributed by atoms with van der Waals surface area (Å²) in [6, 6.07) is 0. The molecule has 0 amide bonds. The average Bonchev–Trinajstić information content (AvgIpc) is 2.23. The van der Waals surface area contributed by atoms with Crippen LogP contribution in [0.5, 0.6) is 0 Å². The van der Waals surface area contributed by atoms with Gasteiger partial charge >= 0.3 is 0 Å². The fourth-order valence-corrected chi connectivity index (χ4v) is 1.80. The molecule has 0 heterocycles. The summed E-state index contributed by atoms with van der Waals surface area (Å²) in [5, 5.41) is 0. The molecule has 0 spiro atoms. The summed E-state index contributed by atoms with van der Waals surface area (Å²) >= 11 is 0. The molecule has 0 saturated heterocycles. The molecule has 15 heavy (non-hydrogen) atoms. The fraction of sp³-hybridized carbons (Fsp3) is 0.714. The first-order valence-electron chi connectivity index (χ1n) is 6.10. The second-order valence-corrected chi connectivity index (χ2v) is 4.11. The van der Waals surface area contributed by atoms with E-state index in [9.17, 15) is 4.39 Å². The van der Waals surface area contributed by atoms with E-state index < -0.39 is 0 Å². The van der Waals surface area contributed by atoms with Gasteiger partial charge in [-0.2, -0.15) is 0 Å². The molecule has 0 aliphatic rings. The van der Waals surface area contributed by atoms with Crippen molar-refractivity contribution in [3.63, 3.8) is 0 Å². The maximum absolute atomic E-state index is 12.2. The SMILES string of the molecule is C=CCCCC/C(CCC)=C(\C)CCF. The van der Waals surface area contributed by atoms with Crippen molar-refractivity contribution in [1.29, 1.82) is 0 Å². The Labute approximate surface area is 94.3 Å². The van der Waals surface area contributed by atoms with Gasteiger partial charge < -0.3 is 0 Å². The fourth-order valence-electron chi connectivity index (χ4n) is 1.80. The van der Waals surface area contributed by atoms with Gasteiger partial charge in [0.25, 0.3) is 0 Å². The average molecular weight is 212 g/mol. The number of hydrogen-bond acceptors (Lipinski definition) is 0. The summed E-state index contributed by atoms with van der Waals surface area (Å²) in [4.78, 5) is 0. The zero-order chi connectivity index (χ0) is 11.5. The van der Waals surface area contributed by atoms with Crippen molar-refractivity contribution in [2.45, 2.75) is 58.8 Å². The van der Waals surface area contributed by atoms with Gasteiger partial charge in [-0.25, -0.2) is 0 Å². The van der Waals surface area contributed by atoms with Gasteiger partial charge in [0.05, 0.1) is 6.67 Å². The molecule has 0 bridgehead atoms. The topological polar surface area (TPSA) is 0 Å². The molecule has 1 heteroatoms. The molecule has 0 aromatic carbocycles. The van der Waals surface area contributed by atoms with Crippen LogP contribution in [0.3, 0.4) is 0 Å². The summed E-state index contributed by atoms with van der Waals surface area (Å²) in [7, 11) is 0. The van der Waals surface area contributed by atoms with Crippen molar-refractivity contribution in [2.75, 3.05) is 6.67 Å². The number of unbranched alkanes of at least 4 members (excludes halogenated alkanes) is 2.